The summed E-state index contributed by atoms with van der Waals surface area (Å²) in [5, 5.41) is 24.9. The van der Waals surface area contributed by atoms with E-state index in [0.717, 1.165) is 12.2 Å². The number of carboxylic acids is 1. The summed E-state index contributed by atoms with van der Waals surface area (Å²) in [6, 6.07) is 0. The van der Waals surface area contributed by atoms with E-state index in [9.17, 15) is 19.3 Å². The molecule has 0 saturated carbocycles. The number of thioether (sulfide) groups is 1. The van der Waals surface area contributed by atoms with Crippen LogP contribution in [0.3, 0.4) is 0 Å². The summed E-state index contributed by atoms with van der Waals surface area (Å²) in [4.78, 5) is 43.7. The summed E-state index contributed by atoms with van der Waals surface area (Å²) in [7, 11) is -4.10. The molecule has 2 unspecified atom stereocenters. The molecule has 1 aliphatic carbocycles. The number of carbonyl (C=O) groups excluding carboxylic acids is 1. The third-order valence-corrected chi connectivity index (χ3v) is 6.20. The van der Waals surface area contributed by atoms with Crippen molar-refractivity contribution in [2.75, 3.05) is 25.2 Å². The van der Waals surface area contributed by atoms with E-state index >= 15 is 0 Å². The van der Waals surface area contributed by atoms with E-state index in [0.29, 0.717) is 35.8 Å². The minimum Gasteiger partial charge on any atom is -0.511 e. The summed E-state index contributed by atoms with van der Waals surface area (Å²) in [5.41, 5.74) is 2.20. The van der Waals surface area contributed by atoms with Crippen LogP contribution < -0.4 is 5.32 Å². The molecule has 33 heavy (non-hydrogen) atoms. The number of nitrogens with one attached hydrogen (secondary N) is 1. The number of carboxylic acid groups (broad SMARTS) is 1. The predicted octanol–water partition coefficient (Wildman–Crippen LogP) is 3.64. The summed E-state index contributed by atoms with van der Waals surface area (Å²) < 4.78 is 10.1. The van der Waals surface area contributed by atoms with Crippen molar-refractivity contribution in [2.45, 2.75) is 51.7 Å². The molecule has 0 spiro atoms. The van der Waals surface area contributed by atoms with E-state index in [1.54, 1.807) is 6.08 Å². The molecule has 0 bridgehead atoms. The van der Waals surface area contributed by atoms with Crippen molar-refractivity contribution in [2.24, 2.45) is 11.1 Å². The van der Waals surface area contributed by atoms with Gasteiger partial charge in [-0.15, -0.1) is 0 Å². The number of hydrogen-bond acceptors (Lipinski definition) is 8. The lowest BCUT2D eigenvalue weighted by Crippen LogP contribution is -2.26. The largest absolute Gasteiger partial charge is 0.511 e. The molecule has 1 aliphatic rings. The molecule has 0 aromatic heterocycles. The molecule has 0 fully saturated rings. The summed E-state index contributed by atoms with van der Waals surface area (Å²) in [6.07, 6.45) is 3.49. The van der Waals surface area contributed by atoms with E-state index < -0.39 is 26.4 Å². The average Bonchev–Trinajstić information content (AvgIpc) is 2.68. The molecule has 5 N–H and O–H groups in total. The van der Waals surface area contributed by atoms with Crippen molar-refractivity contribution in [1.82, 2.24) is 5.32 Å². The number of nitrogens with zero attached hydrogens (tertiary/aromatic N) is 1. The van der Waals surface area contributed by atoms with Crippen LogP contribution in [-0.4, -0.2) is 67.9 Å². The molecule has 10 nitrogen and oxygen atoms in total. The fourth-order valence-electron chi connectivity index (χ4n) is 3.08. The molecule has 0 radical (unpaired) electrons. The number of aliphatic hydroxyl groups excluding tert-OH is 1. The van der Waals surface area contributed by atoms with Crippen molar-refractivity contribution >= 4 is 48.4 Å². The zero-order valence-electron chi connectivity index (χ0n) is 19.1. The highest BCUT2D eigenvalue weighted by atomic mass is 35.5. The second-order valence-electron chi connectivity index (χ2n) is 7.21. The monoisotopic (exact) mass is 528 g/mol. The highest BCUT2D eigenvalue weighted by Gasteiger charge is 2.31. The Balaban J connectivity index is 0.000000861. The third kappa shape index (κ3) is 15.2. The minimum atomic E-state index is -4.10. The molecule has 0 aromatic carbocycles. The Morgan fingerprint density at radius 3 is 2.55 bits per heavy atom. The Morgan fingerprint density at radius 1 is 1.39 bits per heavy atom. The van der Waals surface area contributed by atoms with Crippen LogP contribution in [0.1, 0.15) is 46.5 Å². The Hall–Kier alpha value is -1.36. The van der Waals surface area contributed by atoms with Gasteiger partial charge in [-0.25, -0.2) is 0 Å². The number of aliphatic carboxylic acids is 1. The van der Waals surface area contributed by atoms with Crippen LogP contribution >= 0.6 is 31.0 Å². The maximum Gasteiger partial charge on any atom is 0.339 e. The maximum atomic E-state index is 12.4. The number of Topliss-reactive ketones (excluding diaryl/α,β-unsaturated/α-hetero) is 1. The van der Waals surface area contributed by atoms with Gasteiger partial charge in [-0.3, -0.25) is 19.5 Å². The van der Waals surface area contributed by atoms with Gasteiger partial charge in [0.15, 0.2) is 5.78 Å². The van der Waals surface area contributed by atoms with Gasteiger partial charge < -0.3 is 24.8 Å². The second-order valence-corrected chi connectivity index (χ2v) is 10.8. The van der Waals surface area contributed by atoms with Crippen LogP contribution in [-0.2, 0) is 19.0 Å². The van der Waals surface area contributed by atoms with Crippen molar-refractivity contribution in [3.63, 3.8) is 0 Å². The van der Waals surface area contributed by atoms with E-state index in [4.69, 9.17) is 31.3 Å². The Morgan fingerprint density at radius 2 is 2.06 bits per heavy atom. The van der Waals surface area contributed by atoms with Crippen LogP contribution in [0.15, 0.2) is 28.1 Å². The van der Waals surface area contributed by atoms with Crippen molar-refractivity contribution < 1.29 is 39.0 Å². The SMILES string of the molecule is CCSC(C)CC1CC(=O)C(/C(CC)=N/OC/C=C/Cl)=C(O)C1.O=C(O)CNCP(=O)(O)O. The van der Waals surface area contributed by atoms with Gasteiger partial charge in [-0.05, 0) is 30.6 Å². The van der Waals surface area contributed by atoms with Gasteiger partial charge in [-0.2, -0.15) is 11.8 Å². The predicted molar refractivity (Wildman–Crippen MR) is 131 cm³/mol. The molecule has 2 atom stereocenters. The van der Waals surface area contributed by atoms with Gasteiger partial charge in [0.2, 0.25) is 0 Å². The minimum absolute atomic E-state index is 0.0375. The second kappa shape index (κ2) is 17.1. The first-order chi connectivity index (χ1) is 15.4. The third-order valence-electron chi connectivity index (χ3n) is 4.29. The normalized spacial score (nSPS) is 18.2. The van der Waals surface area contributed by atoms with Gasteiger partial charge in [-0.1, -0.05) is 37.5 Å². The number of allylic oxidation sites excluding steroid dienone is 2. The molecule has 0 aromatic rings. The molecule has 190 valence electrons. The van der Waals surface area contributed by atoms with Gasteiger partial charge in [0.25, 0.3) is 0 Å². The van der Waals surface area contributed by atoms with Crippen LogP contribution in [0.2, 0.25) is 0 Å². The van der Waals surface area contributed by atoms with Crippen molar-refractivity contribution in [3.8, 4) is 0 Å². The summed E-state index contributed by atoms with van der Waals surface area (Å²) in [5.74, 6) is 0.240. The molecule has 13 heteroatoms. The number of hydrogen-bond donors (Lipinski definition) is 5. The Bertz CT molecular complexity index is 769. The number of ketones is 1. The number of carbonyl (C=O) groups is 2. The zero-order valence-corrected chi connectivity index (χ0v) is 21.5. The average molecular weight is 529 g/mol. The molecule has 1 rings (SSSR count). The lowest BCUT2D eigenvalue weighted by atomic mass is 9.82. The van der Waals surface area contributed by atoms with E-state index in [1.807, 2.05) is 18.7 Å². The Kier molecular flexibility index (Phi) is 16.4. The highest BCUT2D eigenvalue weighted by Crippen LogP contribution is 2.33. The molecule has 0 amide bonds. The first-order valence-electron chi connectivity index (χ1n) is 10.4. The molecule has 0 heterocycles. The van der Waals surface area contributed by atoms with Crippen molar-refractivity contribution in [3.05, 3.63) is 22.9 Å². The number of oxime groups is 1. The lowest BCUT2D eigenvalue weighted by Gasteiger charge is -2.25. The van der Waals surface area contributed by atoms with Crippen LogP contribution in [0, 0.1) is 5.92 Å². The van der Waals surface area contributed by atoms with Crippen LogP contribution in [0.25, 0.3) is 0 Å². The van der Waals surface area contributed by atoms with E-state index in [1.165, 1.54) is 5.54 Å². The van der Waals surface area contributed by atoms with Crippen LogP contribution in [0.5, 0.6) is 0 Å². The highest BCUT2D eigenvalue weighted by molar-refractivity contribution is 7.99. The summed E-state index contributed by atoms with van der Waals surface area (Å²) >= 11 is 7.30. The quantitative estimate of drug-likeness (QED) is 0.103. The Labute approximate surface area is 203 Å². The number of rotatable bonds is 13. The fraction of sp³-hybridized carbons (Fsp3) is 0.650. The van der Waals surface area contributed by atoms with Gasteiger partial charge >= 0.3 is 13.6 Å². The molecular weight excluding hydrogens is 495 g/mol. The maximum absolute atomic E-state index is 12.4. The lowest BCUT2D eigenvalue weighted by molar-refractivity contribution is -0.135. The fourth-order valence-corrected chi connectivity index (χ4v) is 4.53. The molecule has 0 saturated heterocycles. The number of halogens is 1. The topological polar surface area (TPSA) is 166 Å². The first kappa shape index (κ1) is 31.6. The van der Waals surface area contributed by atoms with Crippen molar-refractivity contribution in [1.29, 1.82) is 0 Å². The van der Waals surface area contributed by atoms with E-state index in [-0.39, 0.29) is 24.1 Å². The standard InChI is InChI=1S/C17H26ClNO3S.C3H8NO5P/c1-4-14(19-22-8-6-7-18)17-15(20)10-13(11-16(17)21)9-12(3)23-5-2;5-3(6)1-4-2-10(7,8)9/h6-7,12-13,20H,4-5,8-11H2,1-3H3;4H,1-2H2,(H,5,6)(H2,7,8,9)/b7-6+,19-14+;. The van der Waals surface area contributed by atoms with Gasteiger partial charge in [0.05, 0.1) is 24.1 Å². The smallest absolute Gasteiger partial charge is 0.339 e. The van der Waals surface area contributed by atoms with Crippen LogP contribution in [0.4, 0.5) is 0 Å². The molecule has 0 aliphatic heterocycles. The van der Waals surface area contributed by atoms with Gasteiger partial charge in [0.1, 0.15) is 12.4 Å². The molecular formula is C20H34ClN2O8PS. The first-order valence-corrected chi connectivity index (χ1v) is 13.7. The zero-order chi connectivity index (χ0) is 25.4. The van der Waals surface area contributed by atoms with Gasteiger partial charge in [0, 0.05) is 23.6 Å². The summed E-state index contributed by atoms with van der Waals surface area (Å²) in [6.45, 7) is 5.99. The van der Waals surface area contributed by atoms with E-state index in [2.05, 4.69) is 24.3 Å². The number of aliphatic hydroxyl groups is 1.